The Hall–Kier alpha value is -0.730. The van der Waals surface area contributed by atoms with Gasteiger partial charge in [-0.15, -0.1) is 0 Å². The molecular weight excluding hydrogens is 306 g/mol. The van der Waals surface area contributed by atoms with Crippen molar-refractivity contribution in [3.8, 4) is 6.07 Å². The third-order valence-electron chi connectivity index (χ3n) is 1.91. The Morgan fingerprint density at radius 1 is 1.44 bits per heavy atom. The SMILES string of the molecule is N#CC(Br)Cc1cc(C(F)(F)F)ccc1Cl. The molecule has 16 heavy (non-hydrogen) atoms. The maximum Gasteiger partial charge on any atom is 0.416 e. The number of nitrogens with zero attached hydrogens (tertiary/aromatic N) is 1. The maximum atomic E-state index is 12.4. The van der Waals surface area contributed by atoms with E-state index in [2.05, 4.69) is 15.9 Å². The Morgan fingerprint density at radius 2 is 2.06 bits per heavy atom. The summed E-state index contributed by atoms with van der Waals surface area (Å²) in [5.41, 5.74) is -0.454. The predicted molar refractivity (Wildman–Crippen MR) is 58.5 cm³/mol. The lowest BCUT2D eigenvalue weighted by Gasteiger charge is -2.10. The predicted octanol–water partition coefficient (Wildman–Crippen LogP) is 4.19. The highest BCUT2D eigenvalue weighted by Gasteiger charge is 2.31. The Labute approximate surface area is 104 Å². The molecule has 0 amide bonds. The van der Waals surface area contributed by atoms with Crippen LogP contribution in [0.15, 0.2) is 18.2 Å². The fraction of sp³-hybridized carbons (Fsp3) is 0.300. The van der Waals surface area contributed by atoms with E-state index in [1.165, 1.54) is 6.07 Å². The van der Waals surface area contributed by atoms with Crippen LogP contribution in [0, 0.1) is 11.3 Å². The van der Waals surface area contributed by atoms with E-state index in [0.717, 1.165) is 12.1 Å². The van der Waals surface area contributed by atoms with Crippen molar-refractivity contribution in [1.29, 1.82) is 5.26 Å². The standard InChI is InChI=1S/C10H6BrClF3N/c11-8(5-16)4-6-3-7(10(13,14)15)1-2-9(6)12/h1-3,8H,4H2. The Balaban J connectivity index is 3.05. The first-order valence-corrected chi connectivity index (χ1v) is 5.53. The van der Waals surface area contributed by atoms with Gasteiger partial charge in [-0.1, -0.05) is 27.5 Å². The van der Waals surface area contributed by atoms with Crippen LogP contribution in [-0.2, 0) is 12.6 Å². The zero-order valence-electron chi connectivity index (χ0n) is 7.85. The molecule has 6 heteroatoms. The molecule has 0 saturated heterocycles. The third-order valence-corrected chi connectivity index (χ3v) is 2.81. The zero-order chi connectivity index (χ0) is 12.3. The largest absolute Gasteiger partial charge is 0.416 e. The first kappa shape index (κ1) is 13.3. The molecule has 0 N–H and O–H groups in total. The zero-order valence-corrected chi connectivity index (χ0v) is 10.2. The average Bonchev–Trinajstić information content (AvgIpc) is 2.19. The number of nitriles is 1. The second-order valence-electron chi connectivity index (χ2n) is 3.10. The lowest BCUT2D eigenvalue weighted by atomic mass is 10.1. The van der Waals surface area contributed by atoms with Crippen LogP contribution in [0.25, 0.3) is 0 Å². The van der Waals surface area contributed by atoms with Crippen LogP contribution in [0.2, 0.25) is 5.02 Å². The second kappa shape index (κ2) is 5.07. The minimum Gasteiger partial charge on any atom is -0.197 e. The summed E-state index contributed by atoms with van der Waals surface area (Å²) in [5, 5.41) is 8.78. The molecule has 0 aliphatic heterocycles. The number of alkyl halides is 4. The molecule has 1 atom stereocenters. The summed E-state index contributed by atoms with van der Waals surface area (Å²) in [7, 11) is 0. The molecule has 0 aliphatic rings. The molecule has 1 aromatic rings. The van der Waals surface area contributed by atoms with Gasteiger partial charge in [-0.2, -0.15) is 18.4 Å². The fourth-order valence-electron chi connectivity index (χ4n) is 1.15. The van der Waals surface area contributed by atoms with Crippen molar-refractivity contribution in [1.82, 2.24) is 0 Å². The van der Waals surface area contributed by atoms with Crippen molar-refractivity contribution in [3.05, 3.63) is 34.3 Å². The number of hydrogen-bond acceptors (Lipinski definition) is 1. The van der Waals surface area contributed by atoms with Gasteiger partial charge in [0, 0.05) is 5.02 Å². The quantitative estimate of drug-likeness (QED) is 0.751. The molecular formula is C10H6BrClF3N. The van der Waals surface area contributed by atoms with Gasteiger partial charge in [-0.25, -0.2) is 0 Å². The Bertz CT molecular complexity index is 425. The van der Waals surface area contributed by atoms with Crippen LogP contribution < -0.4 is 0 Å². The molecule has 1 unspecified atom stereocenters. The van der Waals surface area contributed by atoms with E-state index in [9.17, 15) is 13.2 Å². The van der Waals surface area contributed by atoms with Gasteiger partial charge in [0.1, 0.15) is 4.83 Å². The normalized spacial score (nSPS) is 13.2. The highest BCUT2D eigenvalue weighted by molar-refractivity contribution is 9.09. The van der Waals surface area contributed by atoms with E-state index < -0.39 is 16.6 Å². The number of hydrogen-bond donors (Lipinski definition) is 0. The highest BCUT2D eigenvalue weighted by Crippen LogP contribution is 2.32. The first-order valence-electron chi connectivity index (χ1n) is 4.24. The van der Waals surface area contributed by atoms with Crippen LogP contribution >= 0.6 is 27.5 Å². The van der Waals surface area contributed by atoms with Crippen molar-refractivity contribution < 1.29 is 13.2 Å². The minimum absolute atomic E-state index is 0.138. The molecule has 0 aliphatic carbocycles. The van der Waals surface area contributed by atoms with Crippen molar-refractivity contribution >= 4 is 27.5 Å². The monoisotopic (exact) mass is 311 g/mol. The average molecular weight is 313 g/mol. The van der Waals surface area contributed by atoms with Gasteiger partial charge in [0.05, 0.1) is 11.6 Å². The van der Waals surface area contributed by atoms with Crippen LogP contribution in [0.3, 0.4) is 0 Å². The summed E-state index contributed by atoms with van der Waals surface area (Å²) in [6.45, 7) is 0. The van der Waals surface area contributed by atoms with E-state index in [-0.39, 0.29) is 11.4 Å². The van der Waals surface area contributed by atoms with Gasteiger partial charge < -0.3 is 0 Å². The van der Waals surface area contributed by atoms with Gasteiger partial charge in [0.25, 0.3) is 0 Å². The summed E-state index contributed by atoms with van der Waals surface area (Å²) in [6.07, 6.45) is -4.26. The molecule has 1 nitrogen and oxygen atoms in total. The summed E-state index contributed by atoms with van der Waals surface area (Å²) in [6, 6.07) is 4.95. The summed E-state index contributed by atoms with van der Waals surface area (Å²) in [5.74, 6) is 0. The van der Waals surface area contributed by atoms with E-state index in [1.807, 2.05) is 6.07 Å². The van der Waals surface area contributed by atoms with Crippen LogP contribution in [0.4, 0.5) is 13.2 Å². The lowest BCUT2D eigenvalue weighted by molar-refractivity contribution is -0.137. The fourth-order valence-corrected chi connectivity index (χ4v) is 1.69. The van der Waals surface area contributed by atoms with Gasteiger partial charge in [0.15, 0.2) is 0 Å². The maximum absolute atomic E-state index is 12.4. The van der Waals surface area contributed by atoms with Gasteiger partial charge in [-0.3, -0.25) is 0 Å². The summed E-state index contributed by atoms with van der Waals surface area (Å²) >= 11 is 8.77. The Kier molecular flexibility index (Phi) is 4.22. The van der Waals surface area contributed by atoms with E-state index in [1.54, 1.807) is 0 Å². The van der Waals surface area contributed by atoms with E-state index in [0.29, 0.717) is 5.56 Å². The topological polar surface area (TPSA) is 23.8 Å². The molecule has 0 fully saturated rings. The molecule has 0 bridgehead atoms. The minimum atomic E-state index is -4.40. The van der Waals surface area contributed by atoms with E-state index in [4.69, 9.17) is 16.9 Å². The molecule has 1 aromatic carbocycles. The molecule has 0 saturated carbocycles. The summed E-state index contributed by atoms with van der Waals surface area (Å²) < 4.78 is 37.2. The highest BCUT2D eigenvalue weighted by atomic mass is 79.9. The van der Waals surface area contributed by atoms with Crippen LogP contribution in [-0.4, -0.2) is 4.83 Å². The van der Waals surface area contributed by atoms with Crippen LogP contribution in [0.1, 0.15) is 11.1 Å². The first-order chi connectivity index (χ1) is 7.34. The molecule has 1 rings (SSSR count). The number of halogens is 5. The van der Waals surface area contributed by atoms with Crippen molar-refractivity contribution in [3.63, 3.8) is 0 Å². The van der Waals surface area contributed by atoms with Crippen molar-refractivity contribution in [2.75, 3.05) is 0 Å². The molecule has 0 radical (unpaired) electrons. The van der Waals surface area contributed by atoms with Gasteiger partial charge >= 0.3 is 6.18 Å². The summed E-state index contributed by atoms with van der Waals surface area (Å²) in [4.78, 5) is -0.548. The lowest BCUT2D eigenvalue weighted by Crippen LogP contribution is -2.07. The van der Waals surface area contributed by atoms with Crippen molar-refractivity contribution in [2.24, 2.45) is 0 Å². The number of benzene rings is 1. The molecule has 0 spiro atoms. The molecule has 0 heterocycles. The van der Waals surface area contributed by atoms with Crippen molar-refractivity contribution in [2.45, 2.75) is 17.4 Å². The van der Waals surface area contributed by atoms with Gasteiger partial charge in [-0.05, 0) is 30.2 Å². The third kappa shape index (κ3) is 3.39. The smallest absolute Gasteiger partial charge is 0.197 e. The molecule has 0 aromatic heterocycles. The van der Waals surface area contributed by atoms with E-state index >= 15 is 0 Å². The van der Waals surface area contributed by atoms with Gasteiger partial charge in [0.2, 0.25) is 0 Å². The molecule has 86 valence electrons. The Morgan fingerprint density at radius 3 is 2.56 bits per heavy atom. The van der Waals surface area contributed by atoms with Crippen LogP contribution in [0.5, 0.6) is 0 Å². The second-order valence-corrected chi connectivity index (χ2v) is 4.62. The number of rotatable bonds is 2.